The molecule has 0 aliphatic rings. The Kier molecular flexibility index (Phi) is 5.78. The van der Waals surface area contributed by atoms with Crippen LogP contribution in [-0.4, -0.2) is 26.0 Å². The minimum Gasteiger partial charge on any atom is -0.378 e. The molecule has 0 spiro atoms. The maximum Gasteiger partial charge on any atom is 0.319 e. The van der Waals surface area contributed by atoms with Crippen molar-refractivity contribution < 1.29 is 9.59 Å². The van der Waals surface area contributed by atoms with Crippen LogP contribution in [0.5, 0.6) is 0 Å². The second-order valence-electron chi connectivity index (χ2n) is 5.63. The van der Waals surface area contributed by atoms with Crippen LogP contribution in [0.1, 0.15) is 12.5 Å². The SMILES string of the molecule is CC(=O)Nc1ccc(NC(=O)NCc2ccc(N(C)C)cc2)cc1. The van der Waals surface area contributed by atoms with Crippen LogP contribution in [-0.2, 0) is 11.3 Å². The van der Waals surface area contributed by atoms with Gasteiger partial charge in [-0.3, -0.25) is 4.79 Å². The van der Waals surface area contributed by atoms with Crippen LogP contribution in [0.25, 0.3) is 0 Å². The number of carbonyl (C=O) groups is 2. The van der Waals surface area contributed by atoms with E-state index in [9.17, 15) is 9.59 Å². The summed E-state index contributed by atoms with van der Waals surface area (Å²) in [6.07, 6.45) is 0. The highest BCUT2D eigenvalue weighted by molar-refractivity contribution is 5.91. The van der Waals surface area contributed by atoms with E-state index in [0.29, 0.717) is 17.9 Å². The van der Waals surface area contributed by atoms with E-state index in [1.165, 1.54) is 6.92 Å². The van der Waals surface area contributed by atoms with Gasteiger partial charge in [0.1, 0.15) is 0 Å². The summed E-state index contributed by atoms with van der Waals surface area (Å²) in [4.78, 5) is 24.9. The van der Waals surface area contributed by atoms with E-state index in [4.69, 9.17) is 0 Å². The first-order valence-corrected chi connectivity index (χ1v) is 7.63. The van der Waals surface area contributed by atoms with Crippen LogP contribution in [0.15, 0.2) is 48.5 Å². The summed E-state index contributed by atoms with van der Waals surface area (Å²) in [5.41, 5.74) is 3.48. The van der Waals surface area contributed by atoms with Crippen molar-refractivity contribution in [3.63, 3.8) is 0 Å². The third-order valence-electron chi connectivity index (χ3n) is 3.37. The summed E-state index contributed by atoms with van der Waals surface area (Å²) in [5.74, 6) is -0.131. The molecule has 24 heavy (non-hydrogen) atoms. The molecule has 126 valence electrons. The van der Waals surface area contributed by atoms with Gasteiger partial charge in [0.05, 0.1) is 0 Å². The van der Waals surface area contributed by atoms with Crippen LogP contribution in [0, 0.1) is 0 Å². The molecule has 0 aromatic heterocycles. The van der Waals surface area contributed by atoms with Gasteiger partial charge in [0, 0.05) is 44.6 Å². The molecule has 3 amide bonds. The van der Waals surface area contributed by atoms with Crippen molar-refractivity contribution in [3.8, 4) is 0 Å². The molecule has 0 fully saturated rings. The summed E-state index contributed by atoms with van der Waals surface area (Å²) in [6.45, 7) is 1.90. The first kappa shape index (κ1) is 17.3. The van der Waals surface area contributed by atoms with E-state index in [1.54, 1.807) is 24.3 Å². The number of urea groups is 1. The summed E-state index contributed by atoms with van der Waals surface area (Å²) < 4.78 is 0. The Morgan fingerprint density at radius 1 is 0.875 bits per heavy atom. The summed E-state index contributed by atoms with van der Waals surface area (Å²) in [5, 5.41) is 8.23. The molecule has 0 aliphatic carbocycles. The fourth-order valence-electron chi connectivity index (χ4n) is 2.11. The van der Waals surface area contributed by atoms with Gasteiger partial charge in [-0.05, 0) is 42.0 Å². The van der Waals surface area contributed by atoms with E-state index in [-0.39, 0.29) is 11.9 Å². The van der Waals surface area contributed by atoms with Gasteiger partial charge in [0.25, 0.3) is 0 Å². The number of anilines is 3. The molecule has 6 nitrogen and oxygen atoms in total. The summed E-state index contributed by atoms with van der Waals surface area (Å²) >= 11 is 0. The second-order valence-corrected chi connectivity index (χ2v) is 5.63. The standard InChI is InChI=1S/C18H22N4O2/c1-13(23)20-15-6-8-16(9-7-15)21-18(24)19-12-14-4-10-17(11-5-14)22(2)3/h4-11H,12H2,1-3H3,(H,20,23)(H2,19,21,24). The minimum absolute atomic E-state index is 0.131. The minimum atomic E-state index is -0.279. The topological polar surface area (TPSA) is 73.5 Å². The Labute approximate surface area is 141 Å². The van der Waals surface area contributed by atoms with Gasteiger partial charge in [0.15, 0.2) is 0 Å². The second kappa shape index (κ2) is 8.01. The zero-order chi connectivity index (χ0) is 17.5. The smallest absolute Gasteiger partial charge is 0.319 e. The third kappa shape index (κ3) is 5.31. The van der Waals surface area contributed by atoms with E-state index < -0.39 is 0 Å². The molecule has 0 heterocycles. The number of hydrogen-bond donors (Lipinski definition) is 3. The molecule has 0 aliphatic heterocycles. The van der Waals surface area contributed by atoms with E-state index in [1.807, 2.05) is 43.3 Å². The number of benzene rings is 2. The largest absolute Gasteiger partial charge is 0.378 e. The summed E-state index contributed by atoms with van der Waals surface area (Å²) in [7, 11) is 3.97. The molecular weight excluding hydrogens is 304 g/mol. The highest BCUT2D eigenvalue weighted by Gasteiger charge is 2.03. The molecule has 0 unspecified atom stereocenters. The van der Waals surface area contributed by atoms with Crippen molar-refractivity contribution in [2.45, 2.75) is 13.5 Å². The molecule has 0 bridgehead atoms. The van der Waals surface area contributed by atoms with Gasteiger partial charge < -0.3 is 20.9 Å². The molecule has 3 N–H and O–H groups in total. The van der Waals surface area contributed by atoms with Gasteiger partial charge in [-0.25, -0.2) is 4.79 Å². The zero-order valence-corrected chi connectivity index (χ0v) is 14.1. The van der Waals surface area contributed by atoms with Crippen LogP contribution >= 0.6 is 0 Å². The lowest BCUT2D eigenvalue weighted by atomic mass is 10.2. The average Bonchev–Trinajstić information content (AvgIpc) is 2.54. The number of carbonyl (C=O) groups excluding carboxylic acids is 2. The maximum atomic E-state index is 11.9. The molecule has 0 atom stereocenters. The van der Waals surface area contributed by atoms with Crippen molar-refractivity contribution in [2.75, 3.05) is 29.6 Å². The highest BCUT2D eigenvalue weighted by atomic mass is 16.2. The molecular formula is C18H22N4O2. The van der Waals surface area contributed by atoms with Crippen LogP contribution in [0.2, 0.25) is 0 Å². The van der Waals surface area contributed by atoms with Gasteiger partial charge >= 0.3 is 6.03 Å². The molecule has 6 heteroatoms. The molecule has 2 aromatic carbocycles. The van der Waals surface area contributed by atoms with Gasteiger partial charge in [-0.2, -0.15) is 0 Å². The van der Waals surface area contributed by atoms with Crippen molar-refractivity contribution in [1.82, 2.24) is 5.32 Å². The monoisotopic (exact) mass is 326 g/mol. The number of nitrogens with one attached hydrogen (secondary N) is 3. The average molecular weight is 326 g/mol. The van der Waals surface area contributed by atoms with E-state index in [2.05, 4.69) is 16.0 Å². The van der Waals surface area contributed by atoms with Crippen molar-refractivity contribution in [2.24, 2.45) is 0 Å². The molecule has 0 saturated carbocycles. The van der Waals surface area contributed by atoms with Crippen LogP contribution < -0.4 is 20.9 Å². The van der Waals surface area contributed by atoms with Crippen molar-refractivity contribution in [3.05, 3.63) is 54.1 Å². The fourth-order valence-corrected chi connectivity index (χ4v) is 2.11. The Morgan fingerprint density at radius 3 is 1.92 bits per heavy atom. The Morgan fingerprint density at radius 2 is 1.42 bits per heavy atom. The van der Waals surface area contributed by atoms with Gasteiger partial charge in [-0.1, -0.05) is 12.1 Å². The normalized spacial score (nSPS) is 9.96. The summed E-state index contributed by atoms with van der Waals surface area (Å²) in [6, 6.07) is 14.6. The first-order chi connectivity index (χ1) is 11.4. The number of rotatable bonds is 5. The quantitative estimate of drug-likeness (QED) is 0.791. The zero-order valence-electron chi connectivity index (χ0n) is 14.1. The number of nitrogens with zero attached hydrogens (tertiary/aromatic N) is 1. The van der Waals surface area contributed by atoms with Crippen molar-refractivity contribution >= 4 is 29.0 Å². The predicted octanol–water partition coefficient (Wildman–Crippen LogP) is 3.03. The fraction of sp³-hybridized carbons (Fsp3) is 0.222. The maximum absolute atomic E-state index is 11.9. The lowest BCUT2D eigenvalue weighted by Gasteiger charge is -2.13. The Bertz CT molecular complexity index is 694. The molecule has 2 aromatic rings. The highest BCUT2D eigenvalue weighted by Crippen LogP contribution is 2.14. The van der Waals surface area contributed by atoms with Crippen LogP contribution in [0.4, 0.5) is 21.9 Å². The lowest BCUT2D eigenvalue weighted by molar-refractivity contribution is -0.114. The molecule has 0 radical (unpaired) electrons. The van der Waals surface area contributed by atoms with Crippen molar-refractivity contribution in [1.29, 1.82) is 0 Å². The lowest BCUT2D eigenvalue weighted by Crippen LogP contribution is -2.28. The van der Waals surface area contributed by atoms with E-state index >= 15 is 0 Å². The Hall–Kier alpha value is -3.02. The number of amides is 3. The molecule has 0 saturated heterocycles. The Balaban J connectivity index is 1.83. The molecule has 2 rings (SSSR count). The predicted molar refractivity (Wildman–Crippen MR) is 97.4 cm³/mol. The van der Waals surface area contributed by atoms with Gasteiger partial charge in [-0.15, -0.1) is 0 Å². The third-order valence-corrected chi connectivity index (χ3v) is 3.37. The van der Waals surface area contributed by atoms with Gasteiger partial charge in [0.2, 0.25) is 5.91 Å². The van der Waals surface area contributed by atoms with E-state index in [0.717, 1.165) is 11.3 Å². The number of hydrogen-bond acceptors (Lipinski definition) is 3. The first-order valence-electron chi connectivity index (χ1n) is 7.63. The van der Waals surface area contributed by atoms with Crippen LogP contribution in [0.3, 0.4) is 0 Å².